The molecule has 3 rings (SSSR count). The molecule has 0 amide bonds. The molecule has 9 heteroatoms. The summed E-state index contributed by atoms with van der Waals surface area (Å²) in [6.45, 7) is 11.2. The van der Waals surface area contributed by atoms with E-state index in [1.807, 2.05) is 25.3 Å². The first-order chi connectivity index (χ1) is 16.8. The highest BCUT2D eigenvalue weighted by molar-refractivity contribution is 7.09. The molecule has 2 aliphatic heterocycles. The van der Waals surface area contributed by atoms with Gasteiger partial charge in [0.15, 0.2) is 0 Å². The normalized spacial score (nSPS) is 36.8. The van der Waals surface area contributed by atoms with E-state index in [1.165, 1.54) is 11.3 Å². The number of esters is 1. The van der Waals surface area contributed by atoms with E-state index >= 15 is 0 Å². The number of hydrogen-bond donors (Lipinski definition) is 3. The molecule has 8 nitrogen and oxygen atoms in total. The second-order valence-corrected chi connectivity index (χ2v) is 12.3. The Bertz CT molecular complexity index is 975. The van der Waals surface area contributed by atoms with Crippen LogP contribution in [0.25, 0.3) is 6.08 Å². The number of Topliss-reactive ketones (excluding diaryl/α,β-unsaturated/α-hetero) is 1. The van der Waals surface area contributed by atoms with E-state index in [4.69, 9.17) is 15.2 Å². The predicted octanol–water partition coefficient (Wildman–Crippen LogP) is 3.63. The Kier molecular flexibility index (Phi) is 9.15. The van der Waals surface area contributed by atoms with Crippen LogP contribution in [0.2, 0.25) is 0 Å². The van der Waals surface area contributed by atoms with E-state index in [9.17, 15) is 19.8 Å². The van der Waals surface area contributed by atoms with E-state index in [0.717, 1.165) is 35.5 Å². The number of epoxide rings is 1. The summed E-state index contributed by atoms with van der Waals surface area (Å²) in [7, 11) is 0. The van der Waals surface area contributed by atoms with Crippen LogP contribution in [-0.2, 0) is 25.6 Å². The van der Waals surface area contributed by atoms with Crippen molar-refractivity contribution in [3.8, 4) is 0 Å². The van der Waals surface area contributed by atoms with Crippen LogP contribution in [0, 0.1) is 17.3 Å². The fourth-order valence-electron chi connectivity index (χ4n) is 5.11. The molecule has 2 saturated heterocycles. The zero-order chi connectivity index (χ0) is 26.8. The highest BCUT2D eigenvalue weighted by atomic mass is 32.1. The van der Waals surface area contributed by atoms with Crippen LogP contribution in [0.4, 0.5) is 0 Å². The molecule has 0 aliphatic carbocycles. The predicted molar refractivity (Wildman–Crippen MR) is 139 cm³/mol. The molecule has 2 fully saturated rings. The van der Waals surface area contributed by atoms with Gasteiger partial charge < -0.3 is 25.4 Å². The lowest BCUT2D eigenvalue weighted by Gasteiger charge is -2.34. The molecular formula is C27H42N2O6S. The summed E-state index contributed by atoms with van der Waals surface area (Å²) in [4.78, 5) is 30.7. The highest BCUT2D eigenvalue weighted by Gasteiger charge is 2.53. The molecule has 202 valence electrons. The number of carbonyl (C=O) groups is 2. The Morgan fingerprint density at radius 2 is 1.97 bits per heavy atom. The molecule has 0 saturated carbocycles. The van der Waals surface area contributed by atoms with Gasteiger partial charge in [0, 0.05) is 24.3 Å². The zero-order valence-corrected chi connectivity index (χ0v) is 23.1. The molecule has 1 aromatic heterocycles. The second-order valence-electron chi connectivity index (χ2n) is 11.3. The minimum Gasteiger partial charge on any atom is -0.458 e. The monoisotopic (exact) mass is 522 g/mol. The molecule has 2 unspecified atom stereocenters. The van der Waals surface area contributed by atoms with Crippen LogP contribution in [0.3, 0.4) is 0 Å². The Morgan fingerprint density at radius 1 is 1.28 bits per heavy atom. The lowest BCUT2D eigenvalue weighted by molar-refractivity contribution is -0.154. The van der Waals surface area contributed by atoms with Crippen molar-refractivity contribution >= 4 is 29.2 Å². The van der Waals surface area contributed by atoms with Gasteiger partial charge in [-0.3, -0.25) is 9.59 Å². The molecule has 1 aromatic rings. The minimum atomic E-state index is -1.24. The van der Waals surface area contributed by atoms with Crippen LogP contribution in [0.5, 0.6) is 0 Å². The van der Waals surface area contributed by atoms with Crippen LogP contribution in [0.15, 0.2) is 11.0 Å². The number of aromatic nitrogens is 1. The van der Waals surface area contributed by atoms with Crippen molar-refractivity contribution in [3.05, 3.63) is 21.7 Å². The summed E-state index contributed by atoms with van der Waals surface area (Å²) in [6.07, 6.45) is 1.80. The maximum absolute atomic E-state index is 13.2. The molecule has 0 bridgehead atoms. The molecule has 36 heavy (non-hydrogen) atoms. The third kappa shape index (κ3) is 6.61. The average molecular weight is 523 g/mol. The van der Waals surface area contributed by atoms with Crippen molar-refractivity contribution in [2.45, 2.75) is 110 Å². The maximum Gasteiger partial charge on any atom is 0.309 e. The molecule has 0 aromatic carbocycles. The van der Waals surface area contributed by atoms with Gasteiger partial charge in [-0.25, -0.2) is 4.98 Å². The van der Waals surface area contributed by atoms with Crippen LogP contribution in [0.1, 0.15) is 84.3 Å². The quantitative estimate of drug-likeness (QED) is 0.405. The third-order valence-electron chi connectivity index (χ3n) is 8.03. The highest BCUT2D eigenvalue weighted by Crippen LogP contribution is 2.45. The number of thiazole rings is 1. The summed E-state index contributed by atoms with van der Waals surface area (Å²) in [5.41, 5.74) is 5.74. The van der Waals surface area contributed by atoms with E-state index in [0.29, 0.717) is 13.0 Å². The number of aliphatic hydroxyl groups excluding tert-OH is 2. The third-order valence-corrected chi connectivity index (χ3v) is 8.92. The summed E-state index contributed by atoms with van der Waals surface area (Å²) in [6, 6.07) is 0. The lowest BCUT2D eigenvalue weighted by Crippen LogP contribution is -2.45. The summed E-state index contributed by atoms with van der Waals surface area (Å²) >= 11 is 1.48. The van der Waals surface area contributed by atoms with E-state index in [-0.39, 0.29) is 29.8 Å². The minimum absolute atomic E-state index is 0.0660. The largest absolute Gasteiger partial charge is 0.458 e. The van der Waals surface area contributed by atoms with Gasteiger partial charge in [0.05, 0.1) is 41.4 Å². The van der Waals surface area contributed by atoms with Gasteiger partial charge in [-0.05, 0) is 44.3 Å². The lowest BCUT2D eigenvalue weighted by atomic mass is 9.73. The first-order valence-electron chi connectivity index (χ1n) is 12.9. The summed E-state index contributed by atoms with van der Waals surface area (Å²) in [5, 5.41) is 24.5. The number of hydrogen-bond acceptors (Lipinski definition) is 9. The van der Waals surface area contributed by atoms with Gasteiger partial charge in [0.1, 0.15) is 16.9 Å². The zero-order valence-electron chi connectivity index (χ0n) is 22.3. The van der Waals surface area contributed by atoms with Crippen molar-refractivity contribution in [2.75, 3.05) is 0 Å². The van der Waals surface area contributed by atoms with Gasteiger partial charge >= 0.3 is 5.97 Å². The number of ketones is 1. The van der Waals surface area contributed by atoms with Crippen molar-refractivity contribution < 1.29 is 29.3 Å². The van der Waals surface area contributed by atoms with E-state index in [1.54, 1.807) is 20.8 Å². The fourth-order valence-corrected chi connectivity index (χ4v) is 5.74. The number of cyclic esters (lactones) is 1. The first kappa shape index (κ1) is 28.9. The Morgan fingerprint density at radius 3 is 2.61 bits per heavy atom. The molecule has 7 atom stereocenters. The molecule has 0 radical (unpaired) electrons. The Hall–Kier alpha value is -1.65. The SMILES string of the molecule is C/C(=C\c1csc(CN)n1)C1C[C@@H]2O[C@]2(C)CCC[C@H](C)[C@H](O)[C@@H](C)C(=O)C(C)(C)C(O)CC(=O)O1. The first-order valence-corrected chi connectivity index (χ1v) is 13.8. The van der Waals surface area contributed by atoms with Crippen LogP contribution < -0.4 is 5.73 Å². The average Bonchev–Trinajstić information content (AvgIpc) is 3.23. The van der Waals surface area contributed by atoms with Gasteiger partial charge in [-0.15, -0.1) is 11.3 Å². The summed E-state index contributed by atoms with van der Waals surface area (Å²) < 4.78 is 11.9. The van der Waals surface area contributed by atoms with E-state index in [2.05, 4.69) is 11.9 Å². The number of aliphatic hydroxyl groups is 2. The number of fused-ring (bicyclic) bond motifs is 1. The number of ether oxygens (including phenoxy) is 2. The maximum atomic E-state index is 13.2. The number of rotatable bonds is 3. The van der Waals surface area contributed by atoms with Crippen LogP contribution in [-0.4, -0.2) is 57.0 Å². The van der Waals surface area contributed by atoms with Crippen molar-refractivity contribution in [1.82, 2.24) is 4.98 Å². The van der Waals surface area contributed by atoms with Crippen molar-refractivity contribution in [1.29, 1.82) is 0 Å². The Labute approximate surface area is 218 Å². The van der Waals surface area contributed by atoms with Gasteiger partial charge in [-0.2, -0.15) is 0 Å². The number of carbonyl (C=O) groups excluding carboxylic acids is 2. The van der Waals surface area contributed by atoms with Gasteiger partial charge in [-0.1, -0.05) is 34.1 Å². The van der Waals surface area contributed by atoms with Gasteiger partial charge in [0.2, 0.25) is 0 Å². The molecular weight excluding hydrogens is 480 g/mol. The smallest absolute Gasteiger partial charge is 0.309 e. The topological polar surface area (TPSA) is 135 Å². The molecule has 0 spiro atoms. The molecule has 3 heterocycles. The Balaban J connectivity index is 1.85. The second kappa shape index (κ2) is 11.4. The van der Waals surface area contributed by atoms with Gasteiger partial charge in [0.25, 0.3) is 0 Å². The fraction of sp³-hybridized carbons (Fsp3) is 0.741. The summed E-state index contributed by atoms with van der Waals surface area (Å²) in [5.74, 6) is -1.59. The molecule has 2 aliphatic rings. The van der Waals surface area contributed by atoms with Crippen molar-refractivity contribution in [3.63, 3.8) is 0 Å². The number of nitrogens with zero attached hydrogens (tertiary/aromatic N) is 1. The van der Waals surface area contributed by atoms with Crippen LogP contribution >= 0.6 is 11.3 Å². The van der Waals surface area contributed by atoms with Crippen molar-refractivity contribution in [2.24, 2.45) is 23.0 Å². The standard InChI is InChI=1S/C27H42N2O6S/c1-15-8-7-9-27(6)21(35-27)11-19(16(2)10-18-14-36-22(13-28)29-18)34-23(31)12-20(30)26(4,5)25(33)17(3)24(15)32/h10,14-15,17,19-21,24,30,32H,7-9,11-13,28H2,1-6H3/b16-10+/t15-,17+,19?,20?,21-,24-,27+/m0/s1. The van der Waals surface area contributed by atoms with E-state index < -0.39 is 35.6 Å². The molecule has 4 N–H and O–H groups in total. The number of nitrogens with two attached hydrogens (primary N) is 1.